The second kappa shape index (κ2) is 7.77. The van der Waals surface area contributed by atoms with Crippen molar-refractivity contribution in [3.8, 4) is 11.5 Å². The highest BCUT2D eigenvalue weighted by atomic mass is 19.1. The van der Waals surface area contributed by atoms with Crippen molar-refractivity contribution in [2.75, 3.05) is 0 Å². The standard InChI is InChI=1S/C19H14F2N2O4/c20-14-7-4-8-15(21)18(14)27-13-10-17(24)23(22-11-13)16(19(25)26)9-12-5-2-1-3-6-12/h1-8,10-11,16H,9H2,(H,25,26). The lowest BCUT2D eigenvalue weighted by Gasteiger charge is -2.15. The molecule has 3 rings (SSSR count). The molecule has 0 bridgehead atoms. The highest BCUT2D eigenvalue weighted by molar-refractivity contribution is 5.72. The summed E-state index contributed by atoms with van der Waals surface area (Å²) >= 11 is 0. The maximum atomic E-state index is 13.6. The number of hydrogen-bond acceptors (Lipinski definition) is 4. The van der Waals surface area contributed by atoms with Gasteiger partial charge in [0.25, 0.3) is 5.56 Å². The van der Waals surface area contributed by atoms with E-state index >= 15 is 0 Å². The zero-order chi connectivity index (χ0) is 19.4. The van der Waals surface area contributed by atoms with E-state index in [4.69, 9.17) is 4.74 Å². The Hall–Kier alpha value is -3.55. The molecule has 138 valence electrons. The van der Waals surface area contributed by atoms with Gasteiger partial charge in [0.2, 0.25) is 0 Å². The minimum atomic E-state index is -1.24. The minimum Gasteiger partial charge on any atom is -0.480 e. The molecule has 27 heavy (non-hydrogen) atoms. The van der Waals surface area contributed by atoms with Crippen molar-refractivity contribution >= 4 is 5.97 Å². The summed E-state index contributed by atoms with van der Waals surface area (Å²) in [5.74, 6) is -3.99. The molecule has 0 saturated carbocycles. The molecule has 0 fully saturated rings. The molecule has 3 aromatic rings. The number of hydrogen-bond donors (Lipinski definition) is 1. The van der Waals surface area contributed by atoms with E-state index in [1.54, 1.807) is 30.3 Å². The van der Waals surface area contributed by atoms with Crippen LogP contribution in [0.4, 0.5) is 8.78 Å². The van der Waals surface area contributed by atoms with E-state index in [0.29, 0.717) is 5.56 Å². The summed E-state index contributed by atoms with van der Waals surface area (Å²) in [6, 6.07) is 11.7. The number of aliphatic carboxylic acids is 1. The van der Waals surface area contributed by atoms with Crippen LogP contribution >= 0.6 is 0 Å². The van der Waals surface area contributed by atoms with Crippen LogP contribution in [-0.2, 0) is 11.2 Å². The molecule has 0 aliphatic heterocycles. The number of rotatable bonds is 6. The molecule has 0 aliphatic rings. The van der Waals surface area contributed by atoms with Crippen molar-refractivity contribution in [1.82, 2.24) is 9.78 Å². The van der Waals surface area contributed by atoms with Crippen LogP contribution in [0, 0.1) is 11.6 Å². The van der Waals surface area contributed by atoms with Gasteiger partial charge in [-0.15, -0.1) is 0 Å². The number of halogens is 2. The topological polar surface area (TPSA) is 81.4 Å². The van der Waals surface area contributed by atoms with E-state index in [-0.39, 0.29) is 12.2 Å². The number of carboxylic acid groups (broad SMARTS) is 1. The fourth-order valence-electron chi connectivity index (χ4n) is 2.50. The molecule has 0 saturated heterocycles. The molecule has 0 amide bonds. The first-order valence-corrected chi connectivity index (χ1v) is 7.93. The van der Waals surface area contributed by atoms with Crippen LogP contribution in [0.15, 0.2) is 65.6 Å². The van der Waals surface area contributed by atoms with Gasteiger partial charge < -0.3 is 9.84 Å². The van der Waals surface area contributed by atoms with Crippen LogP contribution in [0.5, 0.6) is 11.5 Å². The van der Waals surface area contributed by atoms with Gasteiger partial charge in [-0.1, -0.05) is 36.4 Å². The van der Waals surface area contributed by atoms with Crippen LogP contribution < -0.4 is 10.3 Å². The van der Waals surface area contributed by atoms with E-state index < -0.39 is 35.0 Å². The van der Waals surface area contributed by atoms with Gasteiger partial charge in [-0.05, 0) is 17.7 Å². The summed E-state index contributed by atoms with van der Waals surface area (Å²) in [5.41, 5.74) is -0.0556. The van der Waals surface area contributed by atoms with Gasteiger partial charge in [0.1, 0.15) is 0 Å². The number of carboxylic acids is 1. The predicted molar refractivity (Wildman–Crippen MR) is 91.7 cm³/mol. The molecule has 1 aromatic heterocycles. The third-order valence-corrected chi connectivity index (χ3v) is 3.79. The molecule has 0 aliphatic carbocycles. The Balaban J connectivity index is 1.89. The molecule has 1 heterocycles. The maximum absolute atomic E-state index is 13.6. The molecule has 0 radical (unpaired) electrons. The van der Waals surface area contributed by atoms with Crippen LogP contribution in [0.25, 0.3) is 0 Å². The highest BCUT2D eigenvalue weighted by Gasteiger charge is 2.23. The van der Waals surface area contributed by atoms with Crippen LogP contribution in [0.1, 0.15) is 11.6 Å². The Labute approximate surface area is 152 Å². The van der Waals surface area contributed by atoms with Crippen LogP contribution in [0.3, 0.4) is 0 Å². The number of carbonyl (C=O) groups is 1. The van der Waals surface area contributed by atoms with Crippen molar-refractivity contribution < 1.29 is 23.4 Å². The fourth-order valence-corrected chi connectivity index (χ4v) is 2.50. The smallest absolute Gasteiger partial charge is 0.329 e. The number of para-hydroxylation sites is 1. The summed E-state index contributed by atoms with van der Waals surface area (Å²) in [7, 11) is 0. The summed E-state index contributed by atoms with van der Waals surface area (Å²) in [5, 5.41) is 13.3. The molecule has 1 atom stereocenters. The van der Waals surface area contributed by atoms with E-state index in [1.807, 2.05) is 0 Å². The fraction of sp³-hybridized carbons (Fsp3) is 0.105. The molecular weight excluding hydrogens is 358 g/mol. The lowest BCUT2D eigenvalue weighted by Crippen LogP contribution is -2.32. The average molecular weight is 372 g/mol. The Kier molecular flexibility index (Phi) is 5.25. The van der Waals surface area contributed by atoms with E-state index in [9.17, 15) is 23.5 Å². The quantitative estimate of drug-likeness (QED) is 0.719. The monoisotopic (exact) mass is 372 g/mol. The maximum Gasteiger partial charge on any atom is 0.329 e. The summed E-state index contributed by atoms with van der Waals surface area (Å²) in [6.07, 6.45) is 1.08. The van der Waals surface area contributed by atoms with Crippen LogP contribution in [-0.4, -0.2) is 20.9 Å². The van der Waals surface area contributed by atoms with Gasteiger partial charge in [-0.25, -0.2) is 18.3 Å². The first-order valence-electron chi connectivity index (χ1n) is 7.93. The van der Waals surface area contributed by atoms with Crippen molar-refractivity contribution in [3.63, 3.8) is 0 Å². The lowest BCUT2D eigenvalue weighted by atomic mass is 10.1. The summed E-state index contributed by atoms with van der Waals surface area (Å²) in [6.45, 7) is 0. The third kappa shape index (κ3) is 4.17. The van der Waals surface area contributed by atoms with Crippen molar-refractivity contribution in [3.05, 3.63) is 88.3 Å². The zero-order valence-corrected chi connectivity index (χ0v) is 13.9. The summed E-state index contributed by atoms with van der Waals surface area (Å²) < 4.78 is 33.1. The number of benzene rings is 2. The molecule has 0 spiro atoms. The molecule has 2 aromatic carbocycles. The summed E-state index contributed by atoms with van der Waals surface area (Å²) in [4.78, 5) is 23.9. The Morgan fingerprint density at radius 3 is 2.37 bits per heavy atom. The normalized spacial score (nSPS) is 11.8. The first-order chi connectivity index (χ1) is 13.0. The Bertz CT molecular complexity index is 1000. The predicted octanol–water partition coefficient (Wildman–Crippen LogP) is 3.18. The molecule has 8 heteroatoms. The van der Waals surface area contributed by atoms with Gasteiger partial charge in [0.15, 0.2) is 29.2 Å². The number of ether oxygens (including phenoxy) is 1. The van der Waals surface area contributed by atoms with Gasteiger partial charge in [-0.3, -0.25) is 4.79 Å². The second-order valence-electron chi connectivity index (χ2n) is 5.67. The molecule has 1 unspecified atom stereocenters. The van der Waals surface area contributed by atoms with Gasteiger partial charge >= 0.3 is 5.97 Å². The zero-order valence-electron chi connectivity index (χ0n) is 13.9. The second-order valence-corrected chi connectivity index (χ2v) is 5.67. The van der Waals surface area contributed by atoms with Crippen LogP contribution in [0.2, 0.25) is 0 Å². The SMILES string of the molecule is O=C(O)C(Cc1ccccc1)n1ncc(Oc2c(F)cccc2F)cc1=O. The largest absolute Gasteiger partial charge is 0.480 e. The van der Waals surface area contributed by atoms with Crippen molar-refractivity contribution in [2.24, 2.45) is 0 Å². The number of aromatic nitrogens is 2. The Morgan fingerprint density at radius 1 is 1.11 bits per heavy atom. The van der Waals surface area contributed by atoms with Crippen molar-refractivity contribution in [1.29, 1.82) is 0 Å². The molecule has 1 N–H and O–H groups in total. The van der Waals surface area contributed by atoms with Crippen molar-refractivity contribution in [2.45, 2.75) is 12.5 Å². The number of nitrogens with zero attached hydrogens (tertiary/aromatic N) is 2. The third-order valence-electron chi connectivity index (χ3n) is 3.79. The average Bonchev–Trinajstić information content (AvgIpc) is 2.64. The van der Waals surface area contributed by atoms with E-state index in [1.165, 1.54) is 6.07 Å². The highest BCUT2D eigenvalue weighted by Crippen LogP contribution is 2.26. The first kappa shape index (κ1) is 18.2. The van der Waals surface area contributed by atoms with Gasteiger partial charge in [0, 0.05) is 12.5 Å². The molecular formula is C19H14F2N2O4. The van der Waals surface area contributed by atoms with Gasteiger partial charge in [0.05, 0.1) is 6.20 Å². The lowest BCUT2D eigenvalue weighted by molar-refractivity contribution is -0.141. The van der Waals surface area contributed by atoms with Gasteiger partial charge in [-0.2, -0.15) is 5.10 Å². The minimum absolute atomic E-state index is 0.0469. The Morgan fingerprint density at radius 2 is 1.78 bits per heavy atom. The van der Waals surface area contributed by atoms with E-state index in [2.05, 4.69) is 5.10 Å². The molecule has 6 nitrogen and oxygen atoms in total. The van der Waals surface area contributed by atoms with E-state index in [0.717, 1.165) is 29.1 Å².